The summed E-state index contributed by atoms with van der Waals surface area (Å²) >= 11 is 0. The number of rotatable bonds is 3. The largest absolute Gasteiger partial charge is 0.310 e. The van der Waals surface area contributed by atoms with Gasteiger partial charge >= 0.3 is 0 Å². The first-order valence-corrected chi connectivity index (χ1v) is 15.3. The SMILES string of the molecule is Cc1ccc2cc(N(c3ccc4c(c3)C(C)(C)C3=C4C=CCC3)c3ccc4c(c3)C(C)(C)c3ccccc3-4)ccc2c1. The van der Waals surface area contributed by atoms with Crippen molar-refractivity contribution in [2.45, 2.75) is 58.3 Å². The van der Waals surface area contributed by atoms with E-state index in [2.05, 4.69) is 149 Å². The lowest BCUT2D eigenvalue weighted by Gasteiger charge is -2.30. The molecule has 206 valence electrons. The molecule has 42 heavy (non-hydrogen) atoms. The Morgan fingerprint density at radius 3 is 2.00 bits per heavy atom. The molecule has 0 atom stereocenters. The normalized spacial score (nSPS) is 17.2. The minimum atomic E-state index is -0.0518. The number of anilines is 3. The van der Waals surface area contributed by atoms with E-state index < -0.39 is 0 Å². The summed E-state index contributed by atoms with van der Waals surface area (Å²) in [5.41, 5.74) is 16.3. The number of hydrogen-bond donors (Lipinski definition) is 0. The molecule has 0 heterocycles. The Morgan fingerprint density at radius 2 is 1.19 bits per heavy atom. The summed E-state index contributed by atoms with van der Waals surface area (Å²) in [4.78, 5) is 2.47. The molecule has 0 N–H and O–H groups in total. The molecule has 0 bridgehead atoms. The zero-order valence-corrected chi connectivity index (χ0v) is 25.3. The van der Waals surface area contributed by atoms with Crippen molar-refractivity contribution in [1.29, 1.82) is 0 Å². The van der Waals surface area contributed by atoms with E-state index in [1.165, 1.54) is 72.4 Å². The molecule has 0 aromatic heterocycles. The van der Waals surface area contributed by atoms with Gasteiger partial charge in [-0.25, -0.2) is 0 Å². The maximum absolute atomic E-state index is 2.47. The highest BCUT2D eigenvalue weighted by molar-refractivity contribution is 5.93. The van der Waals surface area contributed by atoms with Crippen LogP contribution in [0.15, 0.2) is 115 Å². The summed E-state index contributed by atoms with van der Waals surface area (Å²) in [6.07, 6.45) is 6.98. The monoisotopic (exact) mass is 543 g/mol. The van der Waals surface area contributed by atoms with Gasteiger partial charge in [-0.2, -0.15) is 0 Å². The van der Waals surface area contributed by atoms with Gasteiger partial charge in [-0.3, -0.25) is 0 Å². The molecule has 0 saturated carbocycles. The maximum Gasteiger partial charge on any atom is 0.0468 e. The second-order valence-electron chi connectivity index (χ2n) is 13.5. The van der Waals surface area contributed by atoms with Crippen molar-refractivity contribution < 1.29 is 0 Å². The topological polar surface area (TPSA) is 3.24 Å². The van der Waals surface area contributed by atoms with E-state index in [0.717, 1.165) is 12.8 Å². The van der Waals surface area contributed by atoms with E-state index in [0.29, 0.717) is 0 Å². The fraction of sp³-hybridized carbons (Fsp3) is 0.220. The van der Waals surface area contributed by atoms with Crippen LogP contribution in [0.5, 0.6) is 0 Å². The molecule has 3 aliphatic carbocycles. The van der Waals surface area contributed by atoms with Gasteiger partial charge in [-0.1, -0.05) is 112 Å². The van der Waals surface area contributed by atoms with Gasteiger partial charge in [0.25, 0.3) is 0 Å². The zero-order chi connectivity index (χ0) is 28.8. The Balaban J connectivity index is 1.33. The van der Waals surface area contributed by atoms with E-state index in [4.69, 9.17) is 0 Å². The van der Waals surface area contributed by atoms with Gasteiger partial charge < -0.3 is 4.90 Å². The summed E-state index contributed by atoms with van der Waals surface area (Å²) in [5.74, 6) is 0. The van der Waals surface area contributed by atoms with E-state index in [9.17, 15) is 0 Å². The van der Waals surface area contributed by atoms with Gasteiger partial charge in [0, 0.05) is 27.9 Å². The highest BCUT2D eigenvalue weighted by Crippen LogP contribution is 2.53. The fourth-order valence-electron chi connectivity index (χ4n) is 7.92. The van der Waals surface area contributed by atoms with Crippen LogP contribution in [0.25, 0.3) is 27.5 Å². The highest BCUT2D eigenvalue weighted by Gasteiger charge is 2.38. The van der Waals surface area contributed by atoms with Gasteiger partial charge in [0.1, 0.15) is 0 Å². The minimum Gasteiger partial charge on any atom is -0.310 e. The molecule has 0 radical (unpaired) electrons. The number of fused-ring (bicyclic) bond motifs is 6. The molecule has 5 aromatic rings. The Bertz CT molecular complexity index is 2000. The van der Waals surface area contributed by atoms with Crippen molar-refractivity contribution in [3.63, 3.8) is 0 Å². The van der Waals surface area contributed by atoms with Crippen LogP contribution in [0.2, 0.25) is 0 Å². The van der Waals surface area contributed by atoms with Crippen LogP contribution >= 0.6 is 0 Å². The van der Waals surface area contributed by atoms with Crippen molar-refractivity contribution in [2.75, 3.05) is 4.90 Å². The van der Waals surface area contributed by atoms with Crippen LogP contribution < -0.4 is 4.90 Å². The van der Waals surface area contributed by atoms with E-state index in [1.807, 2.05) is 0 Å². The Hall–Kier alpha value is -4.36. The lowest BCUT2D eigenvalue weighted by molar-refractivity contribution is 0.607. The average molecular weight is 544 g/mol. The molecule has 0 unspecified atom stereocenters. The summed E-state index contributed by atoms with van der Waals surface area (Å²) in [6, 6.07) is 36.9. The predicted octanol–water partition coefficient (Wildman–Crippen LogP) is 11.3. The van der Waals surface area contributed by atoms with Crippen LogP contribution in [0.1, 0.15) is 68.4 Å². The molecule has 0 saturated heterocycles. The van der Waals surface area contributed by atoms with Crippen LogP contribution in [0.4, 0.5) is 17.1 Å². The van der Waals surface area contributed by atoms with Crippen LogP contribution in [0, 0.1) is 6.92 Å². The minimum absolute atomic E-state index is 0.0274. The Kier molecular flexibility index (Phi) is 5.33. The summed E-state index contributed by atoms with van der Waals surface area (Å²) in [6.45, 7) is 11.7. The second-order valence-corrected chi connectivity index (χ2v) is 13.5. The van der Waals surface area contributed by atoms with Crippen molar-refractivity contribution in [3.05, 3.63) is 143 Å². The summed E-state index contributed by atoms with van der Waals surface area (Å²) in [5, 5.41) is 2.55. The third kappa shape index (κ3) is 3.56. The highest BCUT2D eigenvalue weighted by atomic mass is 15.1. The second kappa shape index (κ2) is 8.82. The van der Waals surface area contributed by atoms with Gasteiger partial charge in [-0.15, -0.1) is 0 Å². The number of hydrogen-bond acceptors (Lipinski definition) is 1. The van der Waals surface area contributed by atoms with Crippen LogP contribution in [-0.4, -0.2) is 0 Å². The lowest BCUT2D eigenvalue weighted by atomic mass is 9.78. The molecule has 1 nitrogen and oxygen atoms in total. The number of aryl methyl sites for hydroxylation is 1. The molecule has 8 rings (SSSR count). The van der Waals surface area contributed by atoms with Crippen LogP contribution in [0.3, 0.4) is 0 Å². The van der Waals surface area contributed by atoms with E-state index >= 15 is 0 Å². The number of allylic oxidation sites excluding steroid dienone is 4. The summed E-state index contributed by atoms with van der Waals surface area (Å²) in [7, 11) is 0. The third-order valence-corrected chi connectivity index (χ3v) is 10.2. The first-order valence-electron chi connectivity index (χ1n) is 15.3. The molecular formula is C41H37N. The zero-order valence-electron chi connectivity index (χ0n) is 25.3. The average Bonchev–Trinajstić information content (AvgIpc) is 3.37. The van der Waals surface area contributed by atoms with E-state index in [1.54, 1.807) is 5.57 Å². The standard InChI is InChI=1S/C41H37N/c1-26-14-15-28-23-29(17-16-27(28)22-26)42(30-18-20-34-32-10-6-8-12-36(32)40(2,3)38(34)24-30)31-19-21-35-33-11-7-9-13-37(33)41(4,5)39(35)25-31/h6-8,10-12,14-25H,9,13H2,1-5H3. The van der Waals surface area contributed by atoms with Crippen molar-refractivity contribution >= 4 is 33.4 Å². The molecular weight excluding hydrogens is 506 g/mol. The third-order valence-electron chi connectivity index (χ3n) is 10.2. The smallest absolute Gasteiger partial charge is 0.0468 e. The van der Waals surface area contributed by atoms with Gasteiger partial charge in [0.15, 0.2) is 0 Å². The fourth-order valence-corrected chi connectivity index (χ4v) is 7.92. The van der Waals surface area contributed by atoms with Gasteiger partial charge in [0.2, 0.25) is 0 Å². The van der Waals surface area contributed by atoms with Crippen molar-refractivity contribution in [3.8, 4) is 11.1 Å². The quantitative estimate of drug-likeness (QED) is 0.219. The molecule has 0 spiro atoms. The number of benzene rings is 5. The van der Waals surface area contributed by atoms with Gasteiger partial charge in [-0.05, 0) is 106 Å². The van der Waals surface area contributed by atoms with E-state index in [-0.39, 0.29) is 10.8 Å². The maximum atomic E-state index is 2.47. The first-order chi connectivity index (χ1) is 20.2. The number of nitrogens with zero attached hydrogens (tertiary/aromatic N) is 1. The molecule has 0 fully saturated rings. The van der Waals surface area contributed by atoms with Gasteiger partial charge in [0.05, 0.1) is 0 Å². The molecule has 0 aliphatic heterocycles. The molecule has 3 aliphatic rings. The Morgan fingerprint density at radius 1 is 0.571 bits per heavy atom. The molecule has 1 heteroatoms. The first kappa shape index (κ1) is 25.4. The van der Waals surface area contributed by atoms with Crippen molar-refractivity contribution in [2.24, 2.45) is 0 Å². The Labute approximate surface area is 249 Å². The molecule has 5 aromatic carbocycles. The summed E-state index contributed by atoms with van der Waals surface area (Å²) < 4.78 is 0. The predicted molar refractivity (Wildman–Crippen MR) is 179 cm³/mol. The van der Waals surface area contributed by atoms with Crippen LogP contribution in [-0.2, 0) is 10.8 Å². The lowest BCUT2D eigenvalue weighted by Crippen LogP contribution is -2.19. The molecule has 0 amide bonds. The van der Waals surface area contributed by atoms with Crippen molar-refractivity contribution in [1.82, 2.24) is 0 Å².